The molecule has 1 aliphatic heterocycles. The molecule has 0 aliphatic carbocycles. The molecule has 1 aromatic carbocycles. The molecule has 0 unspecified atom stereocenters. The maximum atomic E-state index is 12.5. The van der Waals surface area contributed by atoms with Crippen LogP contribution < -0.4 is 10.6 Å². The van der Waals surface area contributed by atoms with Crippen LogP contribution in [-0.4, -0.2) is 47.2 Å². The van der Waals surface area contributed by atoms with E-state index in [9.17, 15) is 14.4 Å². The van der Waals surface area contributed by atoms with Crippen molar-refractivity contribution in [2.24, 2.45) is 5.92 Å². The van der Waals surface area contributed by atoms with Crippen LogP contribution >= 0.6 is 11.6 Å². The van der Waals surface area contributed by atoms with Gasteiger partial charge in [-0.15, -0.1) is 0 Å². The van der Waals surface area contributed by atoms with Gasteiger partial charge in [0.25, 0.3) is 5.91 Å². The average molecular weight is 429 g/mol. The van der Waals surface area contributed by atoms with E-state index in [0.29, 0.717) is 42.3 Å². The number of anilines is 1. The van der Waals surface area contributed by atoms with E-state index in [1.165, 1.54) is 6.20 Å². The Balaban J connectivity index is 1.45. The Morgan fingerprint density at radius 3 is 2.37 bits per heavy atom. The van der Waals surface area contributed by atoms with E-state index in [1.54, 1.807) is 29.2 Å². The first-order valence-electron chi connectivity index (χ1n) is 9.88. The molecule has 1 aromatic heterocycles. The molecule has 1 saturated heterocycles. The number of hydrogen-bond acceptors (Lipinski definition) is 4. The molecule has 2 heterocycles. The molecule has 1 fully saturated rings. The number of carbonyl (C=O) groups is 3. The summed E-state index contributed by atoms with van der Waals surface area (Å²) in [7, 11) is 0. The minimum Gasteiger partial charge on any atom is -0.343 e. The molecule has 8 heteroatoms. The molecule has 1 aliphatic rings. The molecular formula is C22H25ClN4O3. The summed E-state index contributed by atoms with van der Waals surface area (Å²) in [6.45, 7) is 4.75. The standard InChI is InChI=1S/C22H25ClN4O3/c1-14-9-15(2)11-17(10-14)21(29)25-13-20(28)27-7-5-16(6-8-27)22(30)26-19-4-3-18(23)12-24-19/h3-4,9-12,16H,5-8,13H2,1-2H3,(H,25,29)(H,24,26,30). The summed E-state index contributed by atoms with van der Waals surface area (Å²) >= 11 is 5.80. The van der Waals surface area contributed by atoms with Crippen LogP contribution in [0.3, 0.4) is 0 Å². The molecule has 0 saturated carbocycles. The largest absolute Gasteiger partial charge is 0.343 e. The number of carbonyl (C=O) groups excluding carboxylic acids is 3. The van der Waals surface area contributed by atoms with Gasteiger partial charge in [0.2, 0.25) is 11.8 Å². The number of piperidine rings is 1. The van der Waals surface area contributed by atoms with Crippen molar-refractivity contribution >= 4 is 35.1 Å². The highest BCUT2D eigenvalue weighted by molar-refractivity contribution is 6.30. The van der Waals surface area contributed by atoms with Crippen LogP contribution in [0.5, 0.6) is 0 Å². The van der Waals surface area contributed by atoms with Crippen molar-refractivity contribution in [3.05, 3.63) is 58.2 Å². The molecule has 0 bridgehead atoms. The summed E-state index contributed by atoms with van der Waals surface area (Å²) in [4.78, 5) is 42.9. The molecule has 3 amide bonds. The minimum absolute atomic E-state index is 0.0582. The lowest BCUT2D eigenvalue weighted by molar-refractivity contribution is -0.133. The summed E-state index contributed by atoms with van der Waals surface area (Å²) in [6, 6.07) is 8.90. The van der Waals surface area contributed by atoms with E-state index < -0.39 is 0 Å². The Bertz CT molecular complexity index is 918. The smallest absolute Gasteiger partial charge is 0.251 e. The highest BCUT2D eigenvalue weighted by atomic mass is 35.5. The fraction of sp³-hybridized carbons (Fsp3) is 0.364. The fourth-order valence-corrected chi connectivity index (χ4v) is 3.66. The van der Waals surface area contributed by atoms with Crippen LogP contribution in [0.15, 0.2) is 36.5 Å². The number of benzene rings is 1. The Morgan fingerprint density at radius 2 is 1.77 bits per heavy atom. The fourth-order valence-electron chi connectivity index (χ4n) is 3.54. The number of hydrogen-bond donors (Lipinski definition) is 2. The van der Waals surface area contributed by atoms with Crippen LogP contribution in [0.2, 0.25) is 5.02 Å². The molecule has 0 atom stereocenters. The third kappa shape index (κ3) is 5.79. The quantitative estimate of drug-likeness (QED) is 0.765. The van der Waals surface area contributed by atoms with Gasteiger partial charge in [-0.1, -0.05) is 28.8 Å². The summed E-state index contributed by atoms with van der Waals surface area (Å²) in [5.74, 6) is -0.251. The topological polar surface area (TPSA) is 91.4 Å². The van der Waals surface area contributed by atoms with Gasteiger partial charge in [-0.25, -0.2) is 4.98 Å². The lowest BCUT2D eigenvalue weighted by atomic mass is 9.96. The zero-order valence-electron chi connectivity index (χ0n) is 17.1. The predicted molar refractivity (Wildman–Crippen MR) is 115 cm³/mol. The number of aromatic nitrogens is 1. The summed E-state index contributed by atoms with van der Waals surface area (Å²) in [5, 5.41) is 5.98. The van der Waals surface area contributed by atoms with Crippen LogP contribution in [0.4, 0.5) is 5.82 Å². The molecule has 0 spiro atoms. The number of likely N-dealkylation sites (tertiary alicyclic amines) is 1. The van der Waals surface area contributed by atoms with Crippen molar-refractivity contribution < 1.29 is 14.4 Å². The van der Waals surface area contributed by atoms with Gasteiger partial charge in [-0.2, -0.15) is 0 Å². The van der Waals surface area contributed by atoms with Gasteiger partial charge in [-0.05, 0) is 51.0 Å². The minimum atomic E-state index is -0.264. The van der Waals surface area contributed by atoms with E-state index in [0.717, 1.165) is 11.1 Å². The Hall–Kier alpha value is -2.93. The maximum Gasteiger partial charge on any atom is 0.251 e. The third-order valence-electron chi connectivity index (χ3n) is 5.08. The van der Waals surface area contributed by atoms with Crippen molar-refractivity contribution in [2.45, 2.75) is 26.7 Å². The van der Waals surface area contributed by atoms with E-state index in [4.69, 9.17) is 11.6 Å². The lowest BCUT2D eigenvalue weighted by Crippen LogP contribution is -2.45. The molecule has 3 rings (SSSR count). The van der Waals surface area contributed by atoms with Crippen LogP contribution in [0.25, 0.3) is 0 Å². The summed E-state index contributed by atoms with van der Waals surface area (Å²) in [6.07, 6.45) is 2.61. The average Bonchev–Trinajstić information content (AvgIpc) is 2.72. The van der Waals surface area contributed by atoms with Crippen molar-refractivity contribution in [1.82, 2.24) is 15.2 Å². The third-order valence-corrected chi connectivity index (χ3v) is 5.30. The van der Waals surface area contributed by atoms with Crippen molar-refractivity contribution in [3.63, 3.8) is 0 Å². The number of aryl methyl sites for hydroxylation is 2. The van der Waals surface area contributed by atoms with Gasteiger partial charge >= 0.3 is 0 Å². The normalized spacial score (nSPS) is 14.3. The molecular weight excluding hydrogens is 404 g/mol. The molecule has 30 heavy (non-hydrogen) atoms. The Morgan fingerprint density at radius 1 is 1.10 bits per heavy atom. The van der Waals surface area contributed by atoms with Gasteiger partial charge in [0.15, 0.2) is 0 Å². The first-order valence-corrected chi connectivity index (χ1v) is 10.3. The second-order valence-corrected chi connectivity index (χ2v) is 8.00. The highest BCUT2D eigenvalue weighted by Gasteiger charge is 2.27. The van der Waals surface area contributed by atoms with Gasteiger partial charge in [0.05, 0.1) is 11.6 Å². The molecule has 7 nitrogen and oxygen atoms in total. The first-order chi connectivity index (χ1) is 14.3. The number of pyridine rings is 1. The highest BCUT2D eigenvalue weighted by Crippen LogP contribution is 2.19. The van der Waals surface area contributed by atoms with E-state index >= 15 is 0 Å². The maximum absolute atomic E-state index is 12.5. The van der Waals surface area contributed by atoms with E-state index in [2.05, 4.69) is 15.6 Å². The van der Waals surface area contributed by atoms with Gasteiger partial charge in [-0.3, -0.25) is 14.4 Å². The first kappa shape index (κ1) is 21.8. The monoisotopic (exact) mass is 428 g/mol. The number of nitrogens with one attached hydrogen (secondary N) is 2. The van der Waals surface area contributed by atoms with Crippen LogP contribution in [-0.2, 0) is 9.59 Å². The zero-order chi connectivity index (χ0) is 21.7. The summed E-state index contributed by atoms with van der Waals surface area (Å²) < 4.78 is 0. The van der Waals surface area contributed by atoms with E-state index in [-0.39, 0.29) is 30.2 Å². The molecule has 2 N–H and O–H groups in total. The van der Waals surface area contributed by atoms with E-state index in [1.807, 2.05) is 19.9 Å². The summed E-state index contributed by atoms with van der Waals surface area (Å²) in [5.41, 5.74) is 2.55. The van der Waals surface area contributed by atoms with Gasteiger partial charge < -0.3 is 15.5 Å². The second-order valence-electron chi connectivity index (χ2n) is 7.57. The van der Waals surface area contributed by atoms with Gasteiger partial charge in [0.1, 0.15) is 5.82 Å². The Kier molecular flexibility index (Phi) is 7.05. The Labute approximate surface area is 180 Å². The van der Waals surface area contributed by atoms with Crippen LogP contribution in [0, 0.1) is 19.8 Å². The number of nitrogens with zero attached hydrogens (tertiary/aromatic N) is 2. The van der Waals surface area contributed by atoms with Crippen molar-refractivity contribution in [1.29, 1.82) is 0 Å². The predicted octanol–water partition coefficient (Wildman–Crippen LogP) is 2.96. The number of halogens is 1. The number of amides is 3. The SMILES string of the molecule is Cc1cc(C)cc(C(=O)NCC(=O)N2CCC(C(=O)Nc3ccc(Cl)cn3)CC2)c1. The lowest BCUT2D eigenvalue weighted by Gasteiger charge is -2.31. The molecule has 0 radical (unpaired) electrons. The molecule has 158 valence electrons. The number of rotatable bonds is 5. The van der Waals surface area contributed by atoms with Crippen LogP contribution in [0.1, 0.15) is 34.3 Å². The van der Waals surface area contributed by atoms with Crippen molar-refractivity contribution in [2.75, 3.05) is 25.0 Å². The second kappa shape index (κ2) is 9.71. The molecule has 2 aromatic rings. The zero-order valence-corrected chi connectivity index (χ0v) is 17.8. The van der Waals surface area contributed by atoms with Crippen molar-refractivity contribution in [3.8, 4) is 0 Å². The van der Waals surface area contributed by atoms with Gasteiger partial charge in [0, 0.05) is 30.8 Å².